The molecule has 0 saturated heterocycles. The van der Waals surface area contributed by atoms with Crippen molar-refractivity contribution in [2.24, 2.45) is 0 Å². The molecule has 1 saturated carbocycles. The van der Waals surface area contributed by atoms with Crippen molar-refractivity contribution in [2.45, 2.75) is 25.7 Å². The number of rotatable bonds is 0. The zero-order chi connectivity index (χ0) is 3.54. The maximum absolute atomic E-state index is 2.36. The second-order valence-electron chi connectivity index (χ2n) is 1.57. The topological polar surface area (TPSA) is 0 Å². The molecule has 1 radical (unpaired) electrons. The molecule has 0 heterocycles. The van der Waals surface area contributed by atoms with Gasteiger partial charge in [-0.05, 0) is 0 Å². The molecule has 0 aromatic carbocycles. The monoisotopic (exact) mass is 250 g/mol. The van der Waals surface area contributed by atoms with Crippen molar-refractivity contribution >= 4 is 0 Å². The van der Waals surface area contributed by atoms with Gasteiger partial charge >= 0.3 is 0 Å². The van der Waals surface area contributed by atoms with Crippen molar-refractivity contribution in [1.82, 2.24) is 0 Å². The molecule has 35 valence electrons. The van der Waals surface area contributed by atoms with E-state index >= 15 is 0 Å². The van der Waals surface area contributed by atoms with E-state index in [-0.39, 0.29) is 22.4 Å². The molecular formula is C5H9Ta-. The van der Waals surface area contributed by atoms with Gasteiger partial charge in [0.15, 0.2) is 0 Å². The molecule has 0 atom stereocenters. The smallest absolute Gasteiger partial charge is 0 e. The Morgan fingerprint density at radius 1 is 1.00 bits per heavy atom. The van der Waals surface area contributed by atoms with Crippen LogP contribution in [0.3, 0.4) is 0 Å². The van der Waals surface area contributed by atoms with Gasteiger partial charge in [-0.25, -0.2) is 0 Å². The van der Waals surface area contributed by atoms with E-state index in [0.717, 1.165) is 0 Å². The van der Waals surface area contributed by atoms with Gasteiger partial charge in [-0.3, -0.25) is 0 Å². The number of hydrogen-bond donors (Lipinski definition) is 0. The molecule has 0 spiro atoms. The summed E-state index contributed by atoms with van der Waals surface area (Å²) in [6.07, 6.45) is 8.00. The van der Waals surface area contributed by atoms with Crippen molar-refractivity contribution in [1.29, 1.82) is 0 Å². The van der Waals surface area contributed by atoms with E-state index in [9.17, 15) is 0 Å². The number of hydrogen-bond acceptors (Lipinski definition) is 0. The Hall–Kier alpha value is 0.740. The molecule has 0 aromatic rings. The largest absolute Gasteiger partial charge is 0.328 e. The van der Waals surface area contributed by atoms with Crippen LogP contribution in [-0.2, 0) is 22.4 Å². The summed E-state index contributed by atoms with van der Waals surface area (Å²) in [4.78, 5) is 0. The van der Waals surface area contributed by atoms with Gasteiger partial charge in [-0.15, -0.1) is 0 Å². The second-order valence-corrected chi connectivity index (χ2v) is 1.57. The molecule has 0 amide bonds. The summed E-state index contributed by atoms with van der Waals surface area (Å²) in [5.41, 5.74) is 0. The van der Waals surface area contributed by atoms with Crippen LogP contribution in [0.5, 0.6) is 0 Å². The zero-order valence-electron chi connectivity index (χ0n) is 3.85. The Kier molecular flexibility index (Phi) is 4.40. The van der Waals surface area contributed by atoms with Gasteiger partial charge < -0.3 is 6.42 Å². The van der Waals surface area contributed by atoms with Gasteiger partial charge in [-0.1, -0.05) is 12.8 Å². The predicted octanol–water partition coefficient (Wildman–Crippen LogP) is 1.76. The maximum atomic E-state index is 2.36. The minimum atomic E-state index is 0. The molecule has 0 aromatic heterocycles. The molecule has 1 heteroatoms. The Morgan fingerprint density at radius 2 is 1.50 bits per heavy atom. The summed E-state index contributed by atoms with van der Waals surface area (Å²) in [6.45, 7) is 0. The van der Waals surface area contributed by atoms with Crippen molar-refractivity contribution in [3.05, 3.63) is 6.42 Å². The van der Waals surface area contributed by atoms with Crippen LogP contribution in [0.4, 0.5) is 0 Å². The van der Waals surface area contributed by atoms with E-state index < -0.39 is 0 Å². The first-order valence-electron chi connectivity index (χ1n) is 2.32. The predicted molar refractivity (Wildman–Crippen MR) is 22.8 cm³/mol. The maximum Gasteiger partial charge on any atom is 0 e. The van der Waals surface area contributed by atoms with Crippen molar-refractivity contribution < 1.29 is 22.4 Å². The van der Waals surface area contributed by atoms with Crippen molar-refractivity contribution in [3.8, 4) is 0 Å². The van der Waals surface area contributed by atoms with Gasteiger partial charge in [0, 0.05) is 22.4 Å². The van der Waals surface area contributed by atoms with E-state index in [1.54, 1.807) is 0 Å². The van der Waals surface area contributed by atoms with Crippen LogP contribution >= 0.6 is 0 Å². The fourth-order valence-electron chi connectivity index (χ4n) is 0.722. The molecule has 0 unspecified atom stereocenters. The molecule has 1 fully saturated rings. The Morgan fingerprint density at radius 3 is 1.67 bits per heavy atom. The van der Waals surface area contributed by atoms with Crippen LogP contribution in [0.15, 0.2) is 0 Å². The minimum Gasteiger partial charge on any atom is -0.328 e. The summed E-state index contributed by atoms with van der Waals surface area (Å²) in [7, 11) is 0. The summed E-state index contributed by atoms with van der Waals surface area (Å²) in [5, 5.41) is 0. The molecule has 1 aliphatic carbocycles. The minimum absolute atomic E-state index is 0. The Labute approximate surface area is 54.8 Å². The van der Waals surface area contributed by atoms with Gasteiger partial charge in [0.2, 0.25) is 0 Å². The van der Waals surface area contributed by atoms with Gasteiger partial charge in [0.25, 0.3) is 0 Å². The normalized spacial score (nSPS) is 20.0. The third kappa shape index (κ3) is 2.01. The molecular weight excluding hydrogens is 241 g/mol. The third-order valence-corrected chi connectivity index (χ3v) is 1.07. The van der Waals surface area contributed by atoms with Crippen LogP contribution < -0.4 is 0 Å². The standard InChI is InChI=1S/C5H9.Ta/c1-2-4-5-3-1;/h1H,2-5H2;/q-1;. The van der Waals surface area contributed by atoms with Crippen LogP contribution in [0.1, 0.15) is 25.7 Å². The third-order valence-electron chi connectivity index (χ3n) is 1.07. The average Bonchev–Trinajstić information content (AvgIpc) is 1.76. The molecule has 0 aliphatic heterocycles. The molecule has 1 rings (SSSR count). The first-order chi connectivity index (χ1) is 2.50. The molecule has 0 N–H and O–H groups in total. The van der Waals surface area contributed by atoms with E-state index in [4.69, 9.17) is 0 Å². The van der Waals surface area contributed by atoms with Crippen LogP contribution in [0, 0.1) is 6.42 Å². The average molecular weight is 250 g/mol. The summed E-state index contributed by atoms with van der Waals surface area (Å²) in [5.74, 6) is 0. The summed E-state index contributed by atoms with van der Waals surface area (Å²) < 4.78 is 0. The van der Waals surface area contributed by atoms with Gasteiger partial charge in [0.05, 0.1) is 0 Å². The Bertz CT molecular complexity index is 15.5. The van der Waals surface area contributed by atoms with E-state index in [2.05, 4.69) is 6.42 Å². The van der Waals surface area contributed by atoms with Crippen LogP contribution in [0.2, 0.25) is 0 Å². The quantitative estimate of drug-likeness (QED) is 0.575. The SMILES string of the molecule is [CH-]1CCCC1.[Ta]. The van der Waals surface area contributed by atoms with Gasteiger partial charge in [-0.2, -0.15) is 12.8 Å². The van der Waals surface area contributed by atoms with Crippen LogP contribution in [0.25, 0.3) is 0 Å². The molecule has 0 bridgehead atoms. The van der Waals surface area contributed by atoms with Crippen molar-refractivity contribution in [3.63, 3.8) is 0 Å². The fourth-order valence-corrected chi connectivity index (χ4v) is 0.722. The zero-order valence-corrected chi connectivity index (χ0v) is 7.07. The van der Waals surface area contributed by atoms with Crippen molar-refractivity contribution in [2.75, 3.05) is 0 Å². The van der Waals surface area contributed by atoms with E-state index in [0.29, 0.717) is 0 Å². The summed E-state index contributed by atoms with van der Waals surface area (Å²) >= 11 is 0. The fraction of sp³-hybridized carbons (Fsp3) is 0.800. The van der Waals surface area contributed by atoms with E-state index in [1.165, 1.54) is 25.7 Å². The first-order valence-corrected chi connectivity index (χ1v) is 2.32. The van der Waals surface area contributed by atoms with Gasteiger partial charge in [0.1, 0.15) is 0 Å². The molecule has 6 heavy (non-hydrogen) atoms. The molecule has 0 nitrogen and oxygen atoms in total. The van der Waals surface area contributed by atoms with Crippen LogP contribution in [-0.4, -0.2) is 0 Å². The Balaban J connectivity index is 0.000000250. The first kappa shape index (κ1) is 6.74. The van der Waals surface area contributed by atoms with E-state index in [1.807, 2.05) is 0 Å². The second kappa shape index (κ2) is 3.91. The molecule has 1 aliphatic rings. The summed E-state index contributed by atoms with van der Waals surface area (Å²) in [6, 6.07) is 0.